The van der Waals surface area contributed by atoms with E-state index in [1.54, 1.807) is 0 Å². The summed E-state index contributed by atoms with van der Waals surface area (Å²) in [6, 6.07) is 11.1. The summed E-state index contributed by atoms with van der Waals surface area (Å²) in [5.74, 6) is 1.59. The van der Waals surface area contributed by atoms with Gasteiger partial charge in [0, 0.05) is 34.4 Å². The van der Waals surface area contributed by atoms with Crippen molar-refractivity contribution in [2.45, 2.75) is 25.4 Å². The first kappa shape index (κ1) is 10.8. The Morgan fingerprint density at radius 3 is 2.73 bits per heavy atom. The first-order valence-corrected chi connectivity index (χ1v) is 6.88. The minimum absolute atomic E-state index is 0.372. The fourth-order valence-electron chi connectivity index (χ4n) is 2.09. The lowest BCUT2D eigenvalue weighted by molar-refractivity contribution is 0.473. The molecule has 1 N–H and O–H groups in total. The number of nitrogens with one attached hydrogen (secondary N) is 1. The van der Waals surface area contributed by atoms with Crippen molar-refractivity contribution in [1.29, 1.82) is 0 Å². The van der Waals surface area contributed by atoms with Crippen LogP contribution in [0, 0.1) is 0 Å². The molecule has 2 nitrogen and oxygen atoms in total. The second kappa shape index (κ2) is 4.90. The Bertz CT molecular complexity index is 339. The summed E-state index contributed by atoms with van der Waals surface area (Å²) in [6.07, 6.45) is 0.983. The van der Waals surface area contributed by atoms with Crippen LogP contribution in [-0.2, 0) is 17.2 Å². The number of hydrogen-bond acceptors (Lipinski definition) is 2. The van der Waals surface area contributed by atoms with Crippen LogP contribution in [0.15, 0.2) is 30.3 Å². The Hall–Kier alpha value is -0.670. The van der Waals surface area contributed by atoms with Gasteiger partial charge in [0.1, 0.15) is 0 Å². The van der Waals surface area contributed by atoms with Crippen molar-refractivity contribution in [3.05, 3.63) is 35.9 Å². The zero-order valence-corrected chi connectivity index (χ0v) is 9.80. The van der Waals surface area contributed by atoms with E-state index in [0.717, 1.165) is 17.9 Å². The van der Waals surface area contributed by atoms with Crippen LogP contribution < -0.4 is 5.32 Å². The van der Waals surface area contributed by atoms with Gasteiger partial charge in [-0.25, -0.2) is 0 Å². The maximum Gasteiger partial charge on any atom is 0.0392 e. The van der Waals surface area contributed by atoms with E-state index in [1.165, 1.54) is 5.56 Å². The molecule has 1 heterocycles. The fraction of sp³-hybridized carbons (Fsp3) is 0.500. The molecule has 3 unspecified atom stereocenters. The van der Waals surface area contributed by atoms with Crippen LogP contribution >= 0.6 is 0 Å². The van der Waals surface area contributed by atoms with Crippen LogP contribution in [0.1, 0.15) is 12.5 Å². The van der Waals surface area contributed by atoms with Crippen molar-refractivity contribution in [1.82, 2.24) is 5.32 Å². The monoisotopic (exact) mass is 223 g/mol. The van der Waals surface area contributed by atoms with E-state index < -0.39 is 10.8 Å². The minimum Gasteiger partial charge on any atom is -0.309 e. The van der Waals surface area contributed by atoms with E-state index >= 15 is 0 Å². The van der Waals surface area contributed by atoms with Gasteiger partial charge in [-0.1, -0.05) is 30.3 Å². The highest BCUT2D eigenvalue weighted by atomic mass is 32.2. The Morgan fingerprint density at radius 1 is 1.33 bits per heavy atom. The van der Waals surface area contributed by atoms with E-state index in [-0.39, 0.29) is 0 Å². The van der Waals surface area contributed by atoms with E-state index in [1.807, 2.05) is 6.07 Å². The van der Waals surface area contributed by atoms with Crippen LogP contribution in [0.4, 0.5) is 0 Å². The molecule has 1 saturated heterocycles. The van der Waals surface area contributed by atoms with Crippen molar-refractivity contribution >= 4 is 10.8 Å². The summed E-state index contributed by atoms with van der Waals surface area (Å²) in [6.45, 7) is 2.11. The molecule has 0 radical (unpaired) electrons. The zero-order valence-electron chi connectivity index (χ0n) is 8.98. The quantitative estimate of drug-likeness (QED) is 0.820. The molecule has 3 heteroatoms. The summed E-state index contributed by atoms with van der Waals surface area (Å²) in [4.78, 5) is 0. The Balaban J connectivity index is 1.97. The molecule has 0 amide bonds. The van der Waals surface area contributed by atoms with E-state index in [4.69, 9.17) is 0 Å². The van der Waals surface area contributed by atoms with Crippen LogP contribution in [0.3, 0.4) is 0 Å². The highest BCUT2D eigenvalue weighted by Gasteiger charge is 2.22. The predicted molar refractivity (Wildman–Crippen MR) is 64.4 cm³/mol. The lowest BCUT2D eigenvalue weighted by Crippen LogP contribution is -2.49. The van der Waals surface area contributed by atoms with Crippen molar-refractivity contribution in [3.8, 4) is 0 Å². The van der Waals surface area contributed by atoms with Gasteiger partial charge < -0.3 is 5.32 Å². The Morgan fingerprint density at radius 2 is 2.07 bits per heavy atom. The van der Waals surface area contributed by atoms with Crippen molar-refractivity contribution in [3.63, 3.8) is 0 Å². The van der Waals surface area contributed by atoms with Crippen LogP contribution in [0.5, 0.6) is 0 Å². The number of benzene rings is 1. The topological polar surface area (TPSA) is 29.1 Å². The molecule has 0 aliphatic carbocycles. The first-order chi connectivity index (χ1) is 7.24. The Kier molecular flexibility index (Phi) is 3.54. The molecule has 0 bridgehead atoms. The first-order valence-electron chi connectivity index (χ1n) is 5.39. The highest BCUT2D eigenvalue weighted by molar-refractivity contribution is 7.85. The van der Waals surface area contributed by atoms with Gasteiger partial charge in [-0.05, 0) is 18.9 Å². The summed E-state index contributed by atoms with van der Waals surface area (Å²) < 4.78 is 11.5. The zero-order chi connectivity index (χ0) is 10.7. The van der Waals surface area contributed by atoms with Gasteiger partial charge in [0.25, 0.3) is 0 Å². The van der Waals surface area contributed by atoms with Gasteiger partial charge in [-0.15, -0.1) is 0 Å². The highest BCUT2D eigenvalue weighted by Crippen LogP contribution is 2.09. The molecule has 1 aliphatic heterocycles. The van der Waals surface area contributed by atoms with E-state index in [2.05, 4.69) is 36.5 Å². The normalized spacial score (nSPS) is 31.4. The summed E-state index contributed by atoms with van der Waals surface area (Å²) in [7, 11) is -0.637. The molecule has 0 aromatic heterocycles. The Labute approximate surface area is 93.5 Å². The molecule has 15 heavy (non-hydrogen) atoms. The maximum atomic E-state index is 11.5. The van der Waals surface area contributed by atoms with Gasteiger partial charge in [0.15, 0.2) is 0 Å². The lowest BCUT2D eigenvalue weighted by atomic mass is 10.1. The van der Waals surface area contributed by atoms with Crippen LogP contribution in [-0.4, -0.2) is 27.8 Å². The molecular formula is C12H17NOS. The summed E-state index contributed by atoms with van der Waals surface area (Å²) in [5, 5.41) is 3.50. The third-order valence-corrected chi connectivity index (χ3v) is 4.31. The largest absolute Gasteiger partial charge is 0.309 e. The van der Waals surface area contributed by atoms with Gasteiger partial charge in [0.05, 0.1) is 0 Å². The molecule has 1 aromatic rings. The molecule has 3 atom stereocenters. The van der Waals surface area contributed by atoms with Crippen molar-refractivity contribution < 1.29 is 4.21 Å². The third kappa shape index (κ3) is 3.14. The predicted octanol–water partition coefficient (Wildman–Crippen LogP) is 1.34. The molecule has 1 fully saturated rings. The molecule has 2 rings (SSSR count). The molecular weight excluding hydrogens is 206 g/mol. The molecule has 1 aliphatic rings. The smallest absolute Gasteiger partial charge is 0.0392 e. The fourth-order valence-corrected chi connectivity index (χ4v) is 3.54. The maximum absolute atomic E-state index is 11.5. The average molecular weight is 223 g/mol. The second-order valence-corrected chi connectivity index (χ2v) is 5.77. The van der Waals surface area contributed by atoms with Crippen LogP contribution in [0.2, 0.25) is 0 Å². The van der Waals surface area contributed by atoms with Gasteiger partial charge in [0.2, 0.25) is 0 Å². The SMILES string of the molecule is CC1CS(=O)CC(Cc2ccccc2)N1. The molecule has 0 spiro atoms. The van der Waals surface area contributed by atoms with Crippen molar-refractivity contribution in [2.75, 3.05) is 11.5 Å². The number of rotatable bonds is 2. The van der Waals surface area contributed by atoms with Gasteiger partial charge >= 0.3 is 0 Å². The van der Waals surface area contributed by atoms with Crippen molar-refractivity contribution in [2.24, 2.45) is 0 Å². The standard InChI is InChI=1S/C12H17NOS/c1-10-8-15(14)9-12(13-10)7-11-5-3-2-4-6-11/h2-6,10,12-13H,7-9H2,1H3. The summed E-state index contributed by atoms with van der Waals surface area (Å²) in [5.41, 5.74) is 1.32. The lowest BCUT2D eigenvalue weighted by Gasteiger charge is -2.28. The third-order valence-electron chi connectivity index (χ3n) is 2.67. The van der Waals surface area contributed by atoms with E-state index in [0.29, 0.717) is 12.1 Å². The average Bonchev–Trinajstić information content (AvgIpc) is 2.17. The van der Waals surface area contributed by atoms with Gasteiger partial charge in [-0.2, -0.15) is 0 Å². The molecule has 82 valence electrons. The second-order valence-electron chi connectivity index (χ2n) is 4.23. The molecule has 1 aromatic carbocycles. The summed E-state index contributed by atoms with van der Waals surface area (Å²) >= 11 is 0. The minimum atomic E-state index is -0.637. The van der Waals surface area contributed by atoms with E-state index in [9.17, 15) is 4.21 Å². The number of hydrogen-bond donors (Lipinski definition) is 1. The molecule has 0 saturated carbocycles. The van der Waals surface area contributed by atoms with Crippen LogP contribution in [0.25, 0.3) is 0 Å². The van der Waals surface area contributed by atoms with Gasteiger partial charge in [-0.3, -0.25) is 4.21 Å².